The van der Waals surface area contributed by atoms with Gasteiger partial charge in [0.15, 0.2) is 0 Å². The van der Waals surface area contributed by atoms with Crippen LogP contribution in [0, 0.1) is 0 Å². The Morgan fingerprint density at radius 2 is 1.07 bits per heavy atom. The van der Waals surface area contributed by atoms with E-state index in [1.807, 2.05) is 6.07 Å². The zero-order valence-electron chi connectivity index (χ0n) is 41.0. The van der Waals surface area contributed by atoms with Crippen LogP contribution in [0.15, 0.2) is 247 Å². The third-order valence-electron chi connectivity index (χ3n) is 15.9. The van der Waals surface area contributed by atoms with Gasteiger partial charge >= 0.3 is 0 Å². The summed E-state index contributed by atoms with van der Waals surface area (Å²) in [5.41, 5.74) is 20.2. The Balaban J connectivity index is 0.941. The van der Waals surface area contributed by atoms with Gasteiger partial charge < -0.3 is 18.5 Å². The molecule has 2 aliphatic carbocycles. The minimum atomic E-state index is 0.114. The third-order valence-corrected chi connectivity index (χ3v) is 15.9. The molecule has 4 heteroatoms. The molecule has 13 aromatic rings. The van der Waals surface area contributed by atoms with Crippen LogP contribution in [0.3, 0.4) is 0 Å². The van der Waals surface area contributed by atoms with Gasteiger partial charge in [0.2, 0.25) is 0 Å². The molecule has 15 rings (SSSR count). The van der Waals surface area contributed by atoms with Gasteiger partial charge in [-0.1, -0.05) is 140 Å². The summed E-state index contributed by atoms with van der Waals surface area (Å²) in [4.78, 5) is 2.49. The Hall–Kier alpha value is -9.12. The normalized spacial score (nSPS) is 14.6. The molecule has 3 heterocycles. The third kappa shape index (κ3) is 6.97. The van der Waals surface area contributed by atoms with E-state index in [4.69, 9.17) is 4.42 Å². The molecule has 0 saturated carbocycles. The Morgan fingerprint density at radius 3 is 1.84 bits per heavy atom. The van der Waals surface area contributed by atoms with E-state index in [1.54, 1.807) is 0 Å². The first-order chi connectivity index (χ1) is 36.7. The van der Waals surface area contributed by atoms with E-state index in [1.165, 1.54) is 93.9 Å². The second kappa shape index (κ2) is 17.3. The standard InChI is InChI=1S/C70H51N3O/c1-4-20-53(21-5-1)71(56-34-35-60-59-28-14-17-31-69(59)74-70(60)45-56)64-29-15-12-26-57(64)52-39-50(48-32-36-66-61(42-48)58-27-13-16-30-65(58)72(66)54-22-6-2-7-23-54)38-51(40-52)49-33-37-67-62(43-49)63-41-46-18-10-11-19-47(46)44-68(63)73(67)55-24-8-3-9-25-55/h1-11,13-14,17-25,27-29,31-45,57H,12,15-16,26,30H2. The second-order valence-corrected chi connectivity index (χ2v) is 20.2. The highest BCUT2D eigenvalue weighted by Gasteiger charge is 2.29. The molecular formula is C70H51N3O. The van der Waals surface area contributed by atoms with Crippen LogP contribution >= 0.6 is 0 Å². The summed E-state index contributed by atoms with van der Waals surface area (Å²) in [6.45, 7) is 0. The predicted octanol–water partition coefficient (Wildman–Crippen LogP) is 19.1. The minimum absolute atomic E-state index is 0.114. The molecule has 0 N–H and O–H groups in total. The fourth-order valence-electron chi connectivity index (χ4n) is 12.5. The Labute approximate surface area is 430 Å². The molecule has 74 heavy (non-hydrogen) atoms. The number of rotatable bonds is 8. The van der Waals surface area contributed by atoms with Gasteiger partial charge in [0, 0.05) is 78.6 Å². The number of hydrogen-bond acceptors (Lipinski definition) is 2. The number of benzene rings is 10. The van der Waals surface area contributed by atoms with E-state index in [-0.39, 0.29) is 5.92 Å². The Morgan fingerprint density at radius 1 is 0.432 bits per heavy atom. The van der Waals surface area contributed by atoms with Crippen molar-refractivity contribution in [3.8, 4) is 33.6 Å². The van der Waals surface area contributed by atoms with Crippen LogP contribution in [0.4, 0.5) is 11.4 Å². The molecule has 4 nitrogen and oxygen atoms in total. The van der Waals surface area contributed by atoms with Gasteiger partial charge in [0.1, 0.15) is 11.2 Å². The van der Waals surface area contributed by atoms with Crippen molar-refractivity contribution in [2.75, 3.05) is 4.90 Å². The number of para-hydroxylation sites is 4. The molecule has 2 aliphatic rings. The Bertz CT molecular complexity index is 4400. The molecule has 0 bridgehead atoms. The van der Waals surface area contributed by atoms with Crippen LogP contribution < -0.4 is 4.90 Å². The zero-order chi connectivity index (χ0) is 48.7. The van der Waals surface area contributed by atoms with Crippen LogP contribution in [-0.2, 0) is 6.42 Å². The van der Waals surface area contributed by atoms with Crippen molar-refractivity contribution in [2.45, 2.75) is 38.0 Å². The van der Waals surface area contributed by atoms with Gasteiger partial charge in [-0.3, -0.25) is 0 Å². The van der Waals surface area contributed by atoms with Crippen molar-refractivity contribution >= 4 is 82.9 Å². The number of furan rings is 1. The molecule has 0 fully saturated rings. The number of hydrogen-bond donors (Lipinski definition) is 0. The first-order valence-corrected chi connectivity index (χ1v) is 26.2. The summed E-state index contributed by atoms with van der Waals surface area (Å²) in [6, 6.07) is 83.0. The molecule has 1 atom stereocenters. The molecule has 0 saturated heterocycles. The van der Waals surface area contributed by atoms with E-state index in [9.17, 15) is 0 Å². The average Bonchev–Trinajstić information content (AvgIpc) is 4.13. The molecule has 1 unspecified atom stereocenters. The van der Waals surface area contributed by atoms with Gasteiger partial charge in [0.05, 0.1) is 16.6 Å². The highest BCUT2D eigenvalue weighted by Crippen LogP contribution is 2.47. The number of aromatic nitrogens is 2. The summed E-state index contributed by atoms with van der Waals surface area (Å²) in [7, 11) is 0. The topological polar surface area (TPSA) is 26.2 Å². The second-order valence-electron chi connectivity index (χ2n) is 20.2. The molecular weight excluding hydrogens is 899 g/mol. The fourth-order valence-corrected chi connectivity index (χ4v) is 12.5. The van der Waals surface area contributed by atoms with Crippen LogP contribution in [0.2, 0.25) is 0 Å². The van der Waals surface area contributed by atoms with Gasteiger partial charge in [-0.05, 0) is 168 Å². The van der Waals surface area contributed by atoms with Crippen LogP contribution in [0.1, 0.15) is 48.4 Å². The molecule has 0 amide bonds. The fraction of sp³-hybridized carbons (Fsp3) is 0.0857. The quantitative estimate of drug-likeness (QED) is 0.152. The first-order valence-electron chi connectivity index (χ1n) is 26.2. The van der Waals surface area contributed by atoms with Crippen molar-refractivity contribution in [2.24, 2.45) is 0 Å². The molecule has 0 aliphatic heterocycles. The number of nitrogens with zero attached hydrogens (tertiary/aromatic N) is 3. The van der Waals surface area contributed by atoms with Gasteiger partial charge in [-0.15, -0.1) is 0 Å². The monoisotopic (exact) mass is 949 g/mol. The summed E-state index contributed by atoms with van der Waals surface area (Å²) >= 11 is 0. The van der Waals surface area contributed by atoms with Crippen LogP contribution in [0.25, 0.3) is 105 Å². The molecule has 0 radical (unpaired) electrons. The average molecular weight is 950 g/mol. The lowest BCUT2D eigenvalue weighted by Gasteiger charge is -2.36. The highest BCUT2D eigenvalue weighted by atomic mass is 16.3. The van der Waals surface area contributed by atoms with E-state index >= 15 is 0 Å². The van der Waals surface area contributed by atoms with Crippen molar-refractivity contribution in [3.63, 3.8) is 0 Å². The molecule has 10 aromatic carbocycles. The maximum atomic E-state index is 6.55. The van der Waals surface area contributed by atoms with Crippen LogP contribution in [-0.4, -0.2) is 9.13 Å². The van der Waals surface area contributed by atoms with Gasteiger partial charge in [-0.25, -0.2) is 0 Å². The van der Waals surface area contributed by atoms with Gasteiger partial charge in [-0.2, -0.15) is 0 Å². The van der Waals surface area contributed by atoms with Crippen molar-refractivity contribution in [3.05, 3.63) is 259 Å². The lowest BCUT2D eigenvalue weighted by molar-refractivity contribution is 0.613. The summed E-state index contributed by atoms with van der Waals surface area (Å²) in [5, 5.41) is 8.55. The molecule has 0 spiro atoms. The van der Waals surface area contributed by atoms with Crippen molar-refractivity contribution < 1.29 is 4.42 Å². The number of anilines is 2. The van der Waals surface area contributed by atoms with Crippen molar-refractivity contribution in [1.29, 1.82) is 0 Å². The number of fused-ring (bicyclic) bond motifs is 10. The highest BCUT2D eigenvalue weighted by molar-refractivity contribution is 6.14. The maximum Gasteiger partial charge on any atom is 0.137 e. The lowest BCUT2D eigenvalue weighted by atomic mass is 9.82. The summed E-state index contributed by atoms with van der Waals surface area (Å²) < 4.78 is 11.5. The van der Waals surface area contributed by atoms with E-state index in [2.05, 4.69) is 251 Å². The molecule has 3 aromatic heterocycles. The summed E-state index contributed by atoms with van der Waals surface area (Å²) in [6.07, 6.45) is 12.4. The summed E-state index contributed by atoms with van der Waals surface area (Å²) in [5.74, 6) is 0.114. The predicted molar refractivity (Wildman–Crippen MR) is 310 cm³/mol. The van der Waals surface area contributed by atoms with E-state index in [0.717, 1.165) is 71.1 Å². The lowest BCUT2D eigenvalue weighted by Crippen LogP contribution is -2.24. The van der Waals surface area contributed by atoms with E-state index < -0.39 is 0 Å². The van der Waals surface area contributed by atoms with Crippen molar-refractivity contribution in [1.82, 2.24) is 9.13 Å². The largest absolute Gasteiger partial charge is 0.456 e. The van der Waals surface area contributed by atoms with E-state index in [0.29, 0.717) is 0 Å². The Kier molecular flexibility index (Phi) is 9.94. The molecule has 352 valence electrons. The van der Waals surface area contributed by atoms with Crippen LogP contribution in [0.5, 0.6) is 0 Å². The zero-order valence-corrected chi connectivity index (χ0v) is 41.0. The number of allylic oxidation sites excluding steroid dienone is 3. The smallest absolute Gasteiger partial charge is 0.137 e. The first kappa shape index (κ1) is 42.6. The SMILES string of the molecule is C1=Cc2c(n(-c3ccccc3)c3ccc(-c4cc(-c5ccc6c(c5)c5cc7ccccc7cc5n6-c5ccccc5)cc(C5CCCC=C5N(c5ccccc5)c5ccc6c(c5)oc5ccccc56)c4)cc23)CC1. The maximum absolute atomic E-state index is 6.55. The minimum Gasteiger partial charge on any atom is -0.456 e. The van der Waals surface area contributed by atoms with Gasteiger partial charge in [0.25, 0.3) is 0 Å².